The summed E-state index contributed by atoms with van der Waals surface area (Å²) in [7, 11) is 0. The molecule has 0 saturated heterocycles. The van der Waals surface area contributed by atoms with Gasteiger partial charge >= 0.3 is 12.3 Å². The van der Waals surface area contributed by atoms with Gasteiger partial charge < -0.3 is 15.6 Å². The van der Waals surface area contributed by atoms with Crippen LogP contribution in [0.2, 0.25) is 0 Å². The molecule has 0 saturated carbocycles. The van der Waals surface area contributed by atoms with E-state index in [0.29, 0.717) is 0 Å². The van der Waals surface area contributed by atoms with Gasteiger partial charge in [0.1, 0.15) is 5.60 Å². The van der Waals surface area contributed by atoms with Crippen LogP contribution in [-0.2, 0) is 9.53 Å². The van der Waals surface area contributed by atoms with Crippen LogP contribution >= 0.6 is 0 Å². The predicted molar refractivity (Wildman–Crippen MR) is 67.3 cm³/mol. The number of alkyl carbamates (subject to hydrolysis) is 1. The summed E-state index contributed by atoms with van der Waals surface area (Å²) >= 11 is 0. The second-order valence-corrected chi connectivity index (χ2v) is 5.41. The molecule has 1 N–H and O–H groups in total. The molecule has 0 aliphatic rings. The van der Waals surface area contributed by atoms with Crippen LogP contribution in [0.3, 0.4) is 0 Å². The number of rotatable bonds is 5. The van der Waals surface area contributed by atoms with E-state index >= 15 is 0 Å². The van der Waals surface area contributed by atoms with Gasteiger partial charge in [-0.2, -0.15) is 4.79 Å². The molecule has 0 aromatic rings. The number of nitrogens with zero attached hydrogens (tertiary/aromatic N) is 2. The first-order valence-corrected chi connectivity index (χ1v) is 5.85. The standard InChI is InChI=1S/C12H21N3O3/c1-8(2)10(6-9(16)7-14-13)15-11(17)18-12(3,4)5/h7-8,10H,6H2,1-5H3,(H,15,17)/t10-/m1/s1. The van der Waals surface area contributed by atoms with Crippen molar-refractivity contribution < 1.29 is 19.1 Å². The van der Waals surface area contributed by atoms with Crippen molar-refractivity contribution in [2.24, 2.45) is 5.92 Å². The lowest BCUT2D eigenvalue weighted by Gasteiger charge is -2.24. The fraction of sp³-hybridized carbons (Fsp3) is 0.750. The second kappa shape index (κ2) is 6.91. The number of hydrogen-bond donors (Lipinski definition) is 1. The number of carbonyl (C=O) groups is 2. The molecule has 0 unspecified atom stereocenters. The van der Waals surface area contributed by atoms with Crippen molar-refractivity contribution in [1.82, 2.24) is 5.32 Å². The van der Waals surface area contributed by atoms with Crippen LogP contribution in [0.1, 0.15) is 41.0 Å². The zero-order chi connectivity index (χ0) is 14.3. The molecule has 0 rings (SSSR count). The molecule has 102 valence electrons. The van der Waals surface area contributed by atoms with E-state index in [-0.39, 0.29) is 24.2 Å². The Bertz CT molecular complexity index is 352. The molecule has 0 aliphatic carbocycles. The highest BCUT2D eigenvalue weighted by atomic mass is 16.6. The summed E-state index contributed by atoms with van der Waals surface area (Å²) in [6.07, 6.45) is 0.336. The first-order valence-electron chi connectivity index (χ1n) is 5.85. The van der Waals surface area contributed by atoms with Crippen LogP contribution in [-0.4, -0.2) is 34.5 Å². The molecule has 0 spiro atoms. The van der Waals surface area contributed by atoms with Crippen molar-refractivity contribution >= 4 is 18.1 Å². The predicted octanol–water partition coefficient (Wildman–Crippen LogP) is 1.80. The van der Waals surface area contributed by atoms with Crippen molar-refractivity contribution in [1.29, 1.82) is 0 Å². The van der Waals surface area contributed by atoms with Gasteiger partial charge in [-0.05, 0) is 26.7 Å². The van der Waals surface area contributed by atoms with Crippen molar-refractivity contribution in [2.45, 2.75) is 52.7 Å². The van der Waals surface area contributed by atoms with Gasteiger partial charge in [0, 0.05) is 12.5 Å². The lowest BCUT2D eigenvalue weighted by atomic mass is 9.99. The average molecular weight is 255 g/mol. The van der Waals surface area contributed by atoms with Crippen LogP contribution in [0.4, 0.5) is 4.79 Å². The molecule has 1 atom stereocenters. The summed E-state index contributed by atoms with van der Waals surface area (Å²) < 4.78 is 5.12. The van der Waals surface area contributed by atoms with Crippen molar-refractivity contribution in [2.75, 3.05) is 0 Å². The Morgan fingerprint density at radius 3 is 2.33 bits per heavy atom. The number of ketones is 1. The Labute approximate surface area is 107 Å². The third kappa shape index (κ3) is 7.57. The van der Waals surface area contributed by atoms with Crippen LogP contribution in [0, 0.1) is 5.92 Å². The van der Waals surface area contributed by atoms with E-state index in [1.807, 2.05) is 13.8 Å². The Morgan fingerprint density at radius 1 is 1.39 bits per heavy atom. The number of Topliss-reactive ketones (excluding diaryl/α,β-unsaturated/α-hetero) is 1. The highest BCUT2D eigenvalue weighted by molar-refractivity contribution is 6.25. The Hall–Kier alpha value is -1.68. The Balaban J connectivity index is 4.50. The maximum Gasteiger partial charge on any atom is 0.407 e. The molecular weight excluding hydrogens is 234 g/mol. The maximum atomic E-state index is 11.6. The van der Waals surface area contributed by atoms with E-state index < -0.39 is 11.7 Å². The summed E-state index contributed by atoms with van der Waals surface area (Å²) in [4.78, 5) is 25.6. The Morgan fingerprint density at radius 2 is 1.94 bits per heavy atom. The van der Waals surface area contributed by atoms with Gasteiger partial charge in [0.2, 0.25) is 5.78 Å². The summed E-state index contributed by atoms with van der Waals surface area (Å²) in [6.45, 7) is 9.05. The van der Waals surface area contributed by atoms with Crippen LogP contribution < -0.4 is 5.32 Å². The summed E-state index contributed by atoms with van der Waals surface area (Å²) in [6, 6.07) is -0.356. The van der Waals surface area contributed by atoms with Gasteiger partial charge in [-0.25, -0.2) is 4.79 Å². The monoisotopic (exact) mass is 255 g/mol. The van der Waals surface area contributed by atoms with E-state index in [2.05, 4.69) is 10.1 Å². The van der Waals surface area contributed by atoms with E-state index in [1.165, 1.54) is 0 Å². The lowest BCUT2D eigenvalue weighted by Crippen LogP contribution is -2.43. The average Bonchev–Trinajstić information content (AvgIpc) is 2.13. The zero-order valence-electron chi connectivity index (χ0n) is 11.6. The smallest absolute Gasteiger partial charge is 0.407 e. The number of ether oxygens (including phenoxy) is 1. The summed E-state index contributed by atoms with van der Waals surface area (Å²) in [5.41, 5.74) is 7.68. The molecule has 1 amide bonds. The number of carbonyl (C=O) groups excluding carboxylic acids is 2. The zero-order valence-corrected chi connectivity index (χ0v) is 11.6. The van der Waals surface area contributed by atoms with Gasteiger partial charge in [0.15, 0.2) is 0 Å². The van der Waals surface area contributed by atoms with Gasteiger partial charge in [0.25, 0.3) is 0 Å². The molecule has 6 nitrogen and oxygen atoms in total. The molecule has 0 fully saturated rings. The van der Waals surface area contributed by atoms with Gasteiger partial charge in [-0.1, -0.05) is 13.8 Å². The van der Waals surface area contributed by atoms with Gasteiger partial charge in [0.05, 0.1) is 0 Å². The SMILES string of the molecule is CC(C)[C@@H](CC(=O)C=[N+]=[N-])NC(=O)OC(C)(C)C. The first-order chi connectivity index (χ1) is 8.15. The summed E-state index contributed by atoms with van der Waals surface area (Å²) in [5.74, 6) is -0.291. The molecule has 0 heterocycles. The van der Waals surface area contributed by atoms with Gasteiger partial charge in [-0.3, -0.25) is 4.79 Å². The van der Waals surface area contributed by atoms with Crippen LogP contribution in [0.15, 0.2) is 0 Å². The number of nitrogens with one attached hydrogen (secondary N) is 1. The van der Waals surface area contributed by atoms with Gasteiger partial charge in [-0.15, -0.1) is 0 Å². The Kier molecular flexibility index (Phi) is 6.27. The molecule has 6 heteroatoms. The van der Waals surface area contributed by atoms with Crippen molar-refractivity contribution in [3.05, 3.63) is 5.53 Å². The molecule has 0 aliphatic heterocycles. The number of amides is 1. The highest BCUT2D eigenvalue weighted by Gasteiger charge is 2.23. The third-order valence-electron chi connectivity index (χ3n) is 2.13. The summed E-state index contributed by atoms with van der Waals surface area (Å²) in [5, 5.41) is 2.64. The normalized spacial score (nSPS) is 12.6. The van der Waals surface area contributed by atoms with E-state index in [9.17, 15) is 9.59 Å². The fourth-order valence-corrected chi connectivity index (χ4v) is 1.25. The van der Waals surface area contributed by atoms with Crippen molar-refractivity contribution in [3.8, 4) is 0 Å². The van der Waals surface area contributed by atoms with E-state index in [1.54, 1.807) is 20.8 Å². The van der Waals surface area contributed by atoms with Crippen molar-refractivity contribution in [3.63, 3.8) is 0 Å². The quantitative estimate of drug-likeness (QED) is 0.461. The topological polar surface area (TPSA) is 91.8 Å². The van der Waals surface area contributed by atoms with Crippen LogP contribution in [0.25, 0.3) is 5.53 Å². The molecule has 0 aromatic heterocycles. The van der Waals surface area contributed by atoms with Crippen LogP contribution in [0.5, 0.6) is 0 Å². The molecule has 0 bridgehead atoms. The first kappa shape index (κ1) is 16.3. The highest BCUT2D eigenvalue weighted by Crippen LogP contribution is 2.10. The lowest BCUT2D eigenvalue weighted by molar-refractivity contribution is -0.116. The third-order valence-corrected chi connectivity index (χ3v) is 2.13. The molecule has 18 heavy (non-hydrogen) atoms. The second-order valence-electron chi connectivity index (χ2n) is 5.41. The largest absolute Gasteiger partial charge is 0.444 e. The van der Waals surface area contributed by atoms with E-state index in [4.69, 9.17) is 10.3 Å². The minimum absolute atomic E-state index is 0.0635. The maximum absolute atomic E-state index is 11.6. The minimum atomic E-state index is -0.581. The molecular formula is C12H21N3O3. The molecule has 0 radical (unpaired) electrons. The number of hydrogen-bond acceptors (Lipinski definition) is 3. The molecule has 0 aromatic carbocycles. The fourth-order valence-electron chi connectivity index (χ4n) is 1.25. The van der Waals surface area contributed by atoms with E-state index in [0.717, 1.165) is 6.21 Å². The minimum Gasteiger partial charge on any atom is -0.444 e.